The lowest BCUT2D eigenvalue weighted by Gasteiger charge is -2.26. The second-order valence-corrected chi connectivity index (χ2v) is 9.41. The summed E-state index contributed by atoms with van der Waals surface area (Å²) in [7, 11) is 0. The van der Waals surface area contributed by atoms with Gasteiger partial charge in [0.1, 0.15) is 11.5 Å². The Bertz CT molecular complexity index is 1170. The summed E-state index contributed by atoms with van der Waals surface area (Å²) in [4.78, 5) is 38.5. The quantitative estimate of drug-likeness (QED) is 0.264. The molecule has 0 spiro atoms. The number of ether oxygens (including phenoxy) is 1. The maximum Gasteiger partial charge on any atom is 0.285 e. The second kappa shape index (κ2) is 10.5. The molecule has 1 aromatic heterocycles. The van der Waals surface area contributed by atoms with Crippen LogP contribution in [0.5, 0.6) is 0 Å². The van der Waals surface area contributed by atoms with Gasteiger partial charge >= 0.3 is 0 Å². The van der Waals surface area contributed by atoms with E-state index in [2.05, 4.69) is 10.3 Å². The van der Waals surface area contributed by atoms with Gasteiger partial charge in [-0.2, -0.15) is 5.01 Å². The number of hydrogen-bond acceptors (Lipinski definition) is 9. The SMILES string of the molecule is Cc1ccc(-c2ccc(C=C3SC(=S)N(NC(=O)CCN4CCOCC4)C3=O)o2)c([N+](=O)[O-])c1. The highest BCUT2D eigenvalue weighted by atomic mass is 32.2. The summed E-state index contributed by atoms with van der Waals surface area (Å²) in [6, 6.07) is 8.09. The lowest BCUT2D eigenvalue weighted by Crippen LogP contribution is -2.46. The number of carbonyl (C=O) groups excluding carboxylic acids is 2. The highest BCUT2D eigenvalue weighted by Crippen LogP contribution is 2.35. The van der Waals surface area contributed by atoms with Crippen molar-refractivity contribution in [2.24, 2.45) is 0 Å². The molecular formula is C22H22N4O6S2. The average molecular weight is 503 g/mol. The summed E-state index contributed by atoms with van der Waals surface area (Å²) >= 11 is 6.30. The normalized spacial score (nSPS) is 18.0. The summed E-state index contributed by atoms with van der Waals surface area (Å²) in [5.74, 6) is -0.126. The molecule has 178 valence electrons. The van der Waals surface area contributed by atoms with E-state index < -0.39 is 10.8 Å². The van der Waals surface area contributed by atoms with Gasteiger partial charge in [-0.05, 0) is 42.9 Å². The maximum atomic E-state index is 12.8. The van der Waals surface area contributed by atoms with Crippen molar-refractivity contribution >= 4 is 51.9 Å². The molecule has 2 aliphatic rings. The number of aryl methyl sites for hydroxylation is 1. The molecule has 4 rings (SSSR count). The number of rotatable bonds is 7. The molecule has 0 atom stereocenters. The van der Waals surface area contributed by atoms with Gasteiger partial charge in [0.25, 0.3) is 11.6 Å². The van der Waals surface area contributed by atoms with Gasteiger partial charge in [-0.3, -0.25) is 30.0 Å². The van der Waals surface area contributed by atoms with Gasteiger partial charge in [-0.25, -0.2) is 0 Å². The van der Waals surface area contributed by atoms with Crippen molar-refractivity contribution < 1.29 is 23.7 Å². The van der Waals surface area contributed by atoms with Crippen molar-refractivity contribution in [3.63, 3.8) is 0 Å². The first-order valence-electron chi connectivity index (χ1n) is 10.5. The highest BCUT2D eigenvalue weighted by Gasteiger charge is 2.34. The Labute approximate surface area is 205 Å². The summed E-state index contributed by atoms with van der Waals surface area (Å²) in [5, 5.41) is 12.5. The lowest BCUT2D eigenvalue weighted by atomic mass is 10.1. The first-order chi connectivity index (χ1) is 16.3. The van der Waals surface area contributed by atoms with E-state index in [9.17, 15) is 19.7 Å². The molecule has 2 amide bonds. The summed E-state index contributed by atoms with van der Waals surface area (Å²) in [5.41, 5.74) is 3.61. The molecule has 12 heteroatoms. The van der Waals surface area contributed by atoms with Crippen LogP contribution in [0.3, 0.4) is 0 Å². The van der Waals surface area contributed by atoms with Crippen molar-refractivity contribution in [3.8, 4) is 11.3 Å². The minimum absolute atomic E-state index is 0.0629. The van der Waals surface area contributed by atoms with Gasteiger partial charge in [0.2, 0.25) is 5.91 Å². The number of thiocarbonyl (C=S) groups is 1. The molecule has 2 saturated heterocycles. The Morgan fingerprint density at radius 1 is 1.29 bits per heavy atom. The predicted octanol–water partition coefficient (Wildman–Crippen LogP) is 3.12. The zero-order chi connectivity index (χ0) is 24.2. The minimum atomic E-state index is -0.464. The fraction of sp³-hybridized carbons (Fsp3) is 0.318. The molecule has 0 aliphatic carbocycles. The Morgan fingerprint density at radius 3 is 2.79 bits per heavy atom. The highest BCUT2D eigenvalue weighted by molar-refractivity contribution is 8.26. The number of nitrogens with zero attached hydrogens (tertiary/aromatic N) is 3. The van der Waals surface area contributed by atoms with E-state index >= 15 is 0 Å². The number of nitrogens with one attached hydrogen (secondary N) is 1. The van der Waals surface area contributed by atoms with Crippen molar-refractivity contribution in [1.82, 2.24) is 15.3 Å². The number of morpholine rings is 1. The van der Waals surface area contributed by atoms with E-state index in [0.29, 0.717) is 36.8 Å². The molecule has 2 fully saturated rings. The molecule has 2 aliphatic heterocycles. The fourth-order valence-electron chi connectivity index (χ4n) is 3.53. The largest absolute Gasteiger partial charge is 0.456 e. The van der Waals surface area contributed by atoms with Crippen LogP contribution in [0.4, 0.5) is 5.69 Å². The van der Waals surface area contributed by atoms with Gasteiger partial charge in [0.15, 0.2) is 4.32 Å². The molecule has 1 N–H and O–H groups in total. The smallest absolute Gasteiger partial charge is 0.285 e. The van der Waals surface area contributed by atoms with Crippen LogP contribution in [0.25, 0.3) is 17.4 Å². The zero-order valence-corrected chi connectivity index (χ0v) is 19.9. The standard InChI is InChI=1S/C22H22N4O6S2/c1-14-2-4-16(17(12-14)26(29)30)18-5-3-15(32-18)13-19-21(28)25(22(33)34-19)23-20(27)6-7-24-8-10-31-11-9-24/h2-5,12-13H,6-11H2,1H3,(H,23,27). The molecule has 0 unspecified atom stereocenters. The van der Waals surface area contributed by atoms with Crippen LogP contribution in [-0.2, 0) is 14.3 Å². The topological polar surface area (TPSA) is 118 Å². The van der Waals surface area contributed by atoms with E-state index in [1.54, 1.807) is 31.2 Å². The third kappa shape index (κ3) is 5.53. The molecular weight excluding hydrogens is 480 g/mol. The average Bonchev–Trinajstić information content (AvgIpc) is 3.38. The summed E-state index contributed by atoms with van der Waals surface area (Å²) in [6.45, 7) is 5.18. The Kier molecular flexibility index (Phi) is 7.41. The van der Waals surface area contributed by atoms with Crippen LogP contribution >= 0.6 is 24.0 Å². The van der Waals surface area contributed by atoms with Crippen LogP contribution in [0.15, 0.2) is 39.7 Å². The fourth-order valence-corrected chi connectivity index (χ4v) is 4.69. The van der Waals surface area contributed by atoms with Crippen molar-refractivity contribution in [2.75, 3.05) is 32.8 Å². The molecule has 3 heterocycles. The van der Waals surface area contributed by atoms with Crippen LogP contribution in [0.2, 0.25) is 0 Å². The van der Waals surface area contributed by atoms with E-state index in [-0.39, 0.29) is 27.2 Å². The van der Waals surface area contributed by atoms with E-state index in [1.807, 2.05) is 0 Å². The van der Waals surface area contributed by atoms with Crippen LogP contribution < -0.4 is 5.43 Å². The first kappa shape index (κ1) is 24.1. The van der Waals surface area contributed by atoms with Crippen molar-refractivity contribution in [3.05, 3.63) is 56.7 Å². The Morgan fingerprint density at radius 2 is 2.06 bits per heavy atom. The Hall–Kier alpha value is -3.06. The molecule has 0 bridgehead atoms. The van der Waals surface area contributed by atoms with E-state index in [0.717, 1.165) is 35.4 Å². The van der Waals surface area contributed by atoms with Gasteiger partial charge in [0.05, 0.1) is 28.6 Å². The van der Waals surface area contributed by atoms with Crippen LogP contribution in [0, 0.1) is 17.0 Å². The van der Waals surface area contributed by atoms with Crippen molar-refractivity contribution in [2.45, 2.75) is 13.3 Å². The van der Waals surface area contributed by atoms with Crippen molar-refractivity contribution in [1.29, 1.82) is 0 Å². The Balaban J connectivity index is 1.42. The molecule has 10 nitrogen and oxygen atoms in total. The predicted molar refractivity (Wildman–Crippen MR) is 131 cm³/mol. The maximum absolute atomic E-state index is 12.8. The van der Waals surface area contributed by atoms with Crippen LogP contribution in [0.1, 0.15) is 17.7 Å². The molecule has 0 saturated carbocycles. The molecule has 0 radical (unpaired) electrons. The number of amides is 2. The van der Waals surface area contributed by atoms with E-state index in [1.165, 1.54) is 12.1 Å². The van der Waals surface area contributed by atoms with E-state index in [4.69, 9.17) is 21.4 Å². The number of carbonyl (C=O) groups is 2. The molecule has 2 aromatic rings. The number of hydrogen-bond donors (Lipinski definition) is 1. The van der Waals surface area contributed by atoms with Gasteiger partial charge < -0.3 is 9.15 Å². The lowest BCUT2D eigenvalue weighted by molar-refractivity contribution is -0.384. The molecule has 34 heavy (non-hydrogen) atoms. The summed E-state index contributed by atoms with van der Waals surface area (Å²) in [6.07, 6.45) is 1.73. The monoisotopic (exact) mass is 502 g/mol. The summed E-state index contributed by atoms with van der Waals surface area (Å²) < 4.78 is 11.3. The number of nitro groups is 1. The third-order valence-corrected chi connectivity index (χ3v) is 6.61. The first-order valence-corrected chi connectivity index (χ1v) is 11.8. The van der Waals surface area contributed by atoms with Crippen LogP contribution in [-0.4, -0.2) is 63.8 Å². The number of benzene rings is 1. The number of furan rings is 1. The van der Waals surface area contributed by atoms with Gasteiger partial charge in [-0.1, -0.05) is 17.8 Å². The zero-order valence-electron chi connectivity index (χ0n) is 18.3. The minimum Gasteiger partial charge on any atom is -0.456 e. The number of thioether (sulfide) groups is 1. The number of hydrazine groups is 1. The van der Waals surface area contributed by atoms with Gasteiger partial charge in [-0.15, -0.1) is 0 Å². The number of nitro benzene ring substituents is 1. The molecule has 1 aromatic carbocycles. The van der Waals surface area contributed by atoms with Gasteiger partial charge in [0, 0.05) is 38.2 Å². The third-order valence-electron chi connectivity index (χ3n) is 5.30. The second-order valence-electron chi connectivity index (χ2n) is 7.74.